The highest BCUT2D eigenvalue weighted by atomic mass is 35.6. The van der Waals surface area contributed by atoms with Crippen molar-refractivity contribution in [3.8, 4) is 0 Å². The monoisotopic (exact) mass is 228 g/mol. The van der Waals surface area contributed by atoms with Crippen LogP contribution in [0, 0.1) is 0 Å². The van der Waals surface area contributed by atoms with Crippen molar-refractivity contribution < 1.29 is 9.53 Å². The summed E-state index contributed by atoms with van der Waals surface area (Å²) in [7, 11) is 0. The predicted molar refractivity (Wildman–Crippen MR) is 48.5 cm³/mol. The number of rotatable bonds is 0. The zero-order valence-corrected chi connectivity index (χ0v) is 8.58. The average Bonchev–Trinajstić information content (AvgIpc) is 1.92. The summed E-state index contributed by atoms with van der Waals surface area (Å²) in [5.41, 5.74) is 0.556. The van der Waals surface area contributed by atoms with Gasteiger partial charge in [-0.1, -0.05) is 40.9 Å². The molecule has 12 heavy (non-hydrogen) atoms. The van der Waals surface area contributed by atoms with Crippen LogP contribution in [0.5, 0.6) is 0 Å². The lowest BCUT2D eigenvalue weighted by Gasteiger charge is -2.26. The molecule has 0 aromatic rings. The Morgan fingerprint density at radius 3 is 2.58 bits per heavy atom. The van der Waals surface area contributed by atoms with Gasteiger partial charge in [-0.3, -0.25) is 0 Å². The predicted octanol–water partition coefficient (Wildman–Crippen LogP) is 2.62. The highest BCUT2D eigenvalue weighted by Crippen LogP contribution is 2.36. The average molecular weight is 229 g/mol. The first-order chi connectivity index (χ1) is 5.41. The fraction of sp³-hybridized carbons (Fsp3) is 0.571. The summed E-state index contributed by atoms with van der Waals surface area (Å²) in [4.78, 5) is 11.0. The molecule has 1 aliphatic rings. The van der Waals surface area contributed by atoms with E-state index in [9.17, 15) is 4.79 Å². The quantitative estimate of drug-likeness (QED) is 0.471. The summed E-state index contributed by atoms with van der Waals surface area (Å²) in [6.45, 7) is 1.66. The molecule has 5 heteroatoms. The number of carbonyl (C=O) groups is 1. The van der Waals surface area contributed by atoms with Crippen molar-refractivity contribution in [3.05, 3.63) is 11.6 Å². The lowest BCUT2D eigenvalue weighted by molar-refractivity contribution is -0.145. The van der Waals surface area contributed by atoms with Gasteiger partial charge in [0.1, 0.15) is 0 Å². The minimum absolute atomic E-state index is 0.419. The zero-order chi connectivity index (χ0) is 9.35. The SMILES string of the molecule is CC1=CCC(C(Cl)(Cl)Cl)OC1=O. The molecule has 0 amide bonds. The highest BCUT2D eigenvalue weighted by Gasteiger charge is 2.37. The van der Waals surface area contributed by atoms with Crippen LogP contribution in [-0.4, -0.2) is 15.9 Å². The largest absolute Gasteiger partial charge is 0.454 e. The van der Waals surface area contributed by atoms with Crippen LogP contribution in [0.15, 0.2) is 11.6 Å². The molecule has 0 aromatic carbocycles. The highest BCUT2D eigenvalue weighted by molar-refractivity contribution is 6.68. The number of ether oxygens (including phenoxy) is 1. The van der Waals surface area contributed by atoms with Gasteiger partial charge in [0.15, 0.2) is 6.10 Å². The van der Waals surface area contributed by atoms with Crippen molar-refractivity contribution in [1.29, 1.82) is 0 Å². The van der Waals surface area contributed by atoms with Crippen LogP contribution >= 0.6 is 34.8 Å². The first-order valence-corrected chi connectivity index (χ1v) is 4.49. The van der Waals surface area contributed by atoms with E-state index in [0.29, 0.717) is 12.0 Å². The standard InChI is InChI=1S/C7H7Cl3O2/c1-4-2-3-5(7(8,9)10)12-6(4)11/h2,5H,3H2,1H3. The maximum Gasteiger partial charge on any atom is 0.333 e. The molecule has 1 atom stereocenters. The van der Waals surface area contributed by atoms with Crippen molar-refractivity contribution in [1.82, 2.24) is 0 Å². The van der Waals surface area contributed by atoms with E-state index >= 15 is 0 Å². The smallest absolute Gasteiger partial charge is 0.333 e. The normalized spacial score (nSPS) is 24.8. The zero-order valence-electron chi connectivity index (χ0n) is 6.31. The Kier molecular flexibility index (Phi) is 2.92. The molecule has 0 spiro atoms. The lowest BCUT2D eigenvalue weighted by Crippen LogP contribution is -2.33. The van der Waals surface area contributed by atoms with E-state index in [2.05, 4.69) is 0 Å². The van der Waals surface area contributed by atoms with Gasteiger partial charge in [0.05, 0.1) is 0 Å². The fourth-order valence-electron chi connectivity index (χ4n) is 0.838. The van der Waals surface area contributed by atoms with E-state index in [4.69, 9.17) is 39.5 Å². The number of cyclic esters (lactones) is 1. The Bertz CT molecular complexity index is 229. The van der Waals surface area contributed by atoms with Crippen molar-refractivity contribution >= 4 is 40.8 Å². The summed E-state index contributed by atoms with van der Waals surface area (Å²) >= 11 is 16.6. The molecule has 0 aromatic heterocycles. The Morgan fingerprint density at radius 2 is 2.17 bits per heavy atom. The molecule has 0 aliphatic carbocycles. The van der Waals surface area contributed by atoms with E-state index < -0.39 is 15.9 Å². The number of carbonyl (C=O) groups excluding carboxylic acids is 1. The lowest BCUT2D eigenvalue weighted by atomic mass is 10.1. The molecule has 0 N–H and O–H groups in total. The van der Waals surface area contributed by atoms with E-state index in [1.165, 1.54) is 0 Å². The van der Waals surface area contributed by atoms with Crippen LogP contribution < -0.4 is 0 Å². The fourth-order valence-corrected chi connectivity index (χ4v) is 1.24. The number of alkyl halides is 3. The minimum atomic E-state index is -1.53. The second-order valence-electron chi connectivity index (χ2n) is 2.56. The Morgan fingerprint density at radius 1 is 1.58 bits per heavy atom. The van der Waals surface area contributed by atoms with Gasteiger partial charge in [0.2, 0.25) is 3.79 Å². The first-order valence-electron chi connectivity index (χ1n) is 3.35. The molecule has 0 fully saturated rings. The summed E-state index contributed by atoms with van der Waals surface area (Å²) in [6.07, 6.45) is 1.49. The number of halogens is 3. The van der Waals surface area contributed by atoms with Gasteiger partial charge in [-0.05, 0) is 6.92 Å². The molecule has 1 rings (SSSR count). The third-order valence-corrected chi connectivity index (χ3v) is 2.30. The molecule has 0 bridgehead atoms. The molecule has 0 saturated heterocycles. The van der Waals surface area contributed by atoms with Crippen molar-refractivity contribution in [2.45, 2.75) is 23.2 Å². The van der Waals surface area contributed by atoms with Crippen LogP contribution in [0.2, 0.25) is 0 Å². The number of hydrogen-bond acceptors (Lipinski definition) is 2. The van der Waals surface area contributed by atoms with Gasteiger partial charge in [-0.2, -0.15) is 0 Å². The minimum Gasteiger partial charge on any atom is -0.454 e. The molecule has 1 heterocycles. The molecule has 0 radical (unpaired) electrons. The molecule has 1 unspecified atom stereocenters. The van der Waals surface area contributed by atoms with Gasteiger partial charge >= 0.3 is 5.97 Å². The molecular weight excluding hydrogens is 222 g/mol. The van der Waals surface area contributed by atoms with Gasteiger partial charge in [0, 0.05) is 12.0 Å². The van der Waals surface area contributed by atoms with Crippen LogP contribution in [-0.2, 0) is 9.53 Å². The molecule has 0 saturated carbocycles. The first kappa shape index (κ1) is 10.2. The van der Waals surface area contributed by atoms with Gasteiger partial charge in [-0.25, -0.2) is 4.79 Å². The second-order valence-corrected chi connectivity index (χ2v) is 4.93. The summed E-state index contributed by atoms with van der Waals surface area (Å²) in [5.74, 6) is -0.419. The van der Waals surface area contributed by atoms with Crippen LogP contribution in [0.1, 0.15) is 13.3 Å². The van der Waals surface area contributed by atoms with Gasteiger partial charge < -0.3 is 4.74 Å². The molecule has 2 nitrogen and oxygen atoms in total. The van der Waals surface area contributed by atoms with Crippen molar-refractivity contribution in [3.63, 3.8) is 0 Å². The van der Waals surface area contributed by atoms with E-state index in [1.807, 2.05) is 0 Å². The number of hydrogen-bond donors (Lipinski definition) is 0. The summed E-state index contributed by atoms with van der Waals surface area (Å²) < 4.78 is 3.33. The second kappa shape index (κ2) is 3.44. The maximum absolute atomic E-state index is 11.0. The van der Waals surface area contributed by atoms with Gasteiger partial charge in [0.25, 0.3) is 0 Å². The van der Waals surface area contributed by atoms with Crippen molar-refractivity contribution in [2.24, 2.45) is 0 Å². The molecule has 1 aliphatic heterocycles. The van der Waals surface area contributed by atoms with Crippen LogP contribution in [0.4, 0.5) is 0 Å². The maximum atomic E-state index is 11.0. The summed E-state index contributed by atoms with van der Waals surface area (Å²) in [5, 5.41) is 0. The van der Waals surface area contributed by atoms with E-state index in [-0.39, 0.29) is 0 Å². The van der Waals surface area contributed by atoms with Gasteiger partial charge in [-0.15, -0.1) is 0 Å². The molecule has 68 valence electrons. The summed E-state index contributed by atoms with van der Waals surface area (Å²) in [6, 6.07) is 0. The van der Waals surface area contributed by atoms with E-state index in [1.54, 1.807) is 13.0 Å². The topological polar surface area (TPSA) is 26.3 Å². The van der Waals surface area contributed by atoms with Crippen LogP contribution in [0.3, 0.4) is 0 Å². The Balaban J connectivity index is 2.72. The van der Waals surface area contributed by atoms with Crippen LogP contribution in [0.25, 0.3) is 0 Å². The van der Waals surface area contributed by atoms with E-state index in [0.717, 1.165) is 0 Å². The number of esters is 1. The Hall–Kier alpha value is 0.0800. The molecular formula is C7H7Cl3O2. The van der Waals surface area contributed by atoms with Crippen molar-refractivity contribution in [2.75, 3.05) is 0 Å². The third-order valence-electron chi connectivity index (χ3n) is 1.57. The Labute approximate surface area is 85.4 Å². The third kappa shape index (κ3) is 2.28.